The third kappa shape index (κ3) is 7.55. The summed E-state index contributed by atoms with van der Waals surface area (Å²) in [4.78, 5) is 32.3. The predicted molar refractivity (Wildman–Crippen MR) is 140 cm³/mol. The number of ether oxygens (including phenoxy) is 1. The van der Waals surface area contributed by atoms with Crippen LogP contribution in [0.25, 0.3) is 0 Å². The van der Waals surface area contributed by atoms with Gasteiger partial charge in [0.25, 0.3) is 0 Å². The van der Waals surface area contributed by atoms with Gasteiger partial charge in [0.05, 0.1) is 0 Å². The van der Waals surface area contributed by atoms with Crippen molar-refractivity contribution in [1.29, 1.82) is 0 Å². The molecule has 1 unspecified atom stereocenters. The molecule has 1 aromatic carbocycles. The van der Waals surface area contributed by atoms with E-state index >= 15 is 0 Å². The van der Waals surface area contributed by atoms with Crippen molar-refractivity contribution in [2.45, 2.75) is 97.0 Å². The second-order valence-corrected chi connectivity index (χ2v) is 11.7. The molecule has 0 amide bonds. The van der Waals surface area contributed by atoms with Crippen LogP contribution in [0.2, 0.25) is 0 Å². The fourth-order valence-electron chi connectivity index (χ4n) is 5.61. The van der Waals surface area contributed by atoms with Crippen LogP contribution in [-0.2, 0) is 20.3 Å². The summed E-state index contributed by atoms with van der Waals surface area (Å²) in [5.74, 6) is -1.03. The Balaban J connectivity index is 2.03. The first-order valence-corrected chi connectivity index (χ1v) is 14.7. The molecular formula is C28H41O7P. The quantitative estimate of drug-likeness (QED) is 0.0976. The van der Waals surface area contributed by atoms with Crippen LogP contribution in [0.5, 0.6) is 11.5 Å². The third-order valence-electron chi connectivity index (χ3n) is 7.48. The van der Waals surface area contributed by atoms with E-state index in [1.54, 1.807) is 12.1 Å². The minimum Gasteiger partial charge on any atom is -0.507 e. The van der Waals surface area contributed by atoms with E-state index in [0.717, 1.165) is 62.5 Å². The maximum absolute atomic E-state index is 13.4. The number of benzene rings is 1. The lowest BCUT2D eigenvalue weighted by molar-refractivity contribution is -0.145. The average molecular weight is 521 g/mol. The summed E-state index contributed by atoms with van der Waals surface area (Å²) in [5.41, 5.74) is 3.54. The molecule has 1 saturated carbocycles. The van der Waals surface area contributed by atoms with Crippen molar-refractivity contribution >= 4 is 13.8 Å². The number of aryl methyl sites for hydroxylation is 1. The maximum atomic E-state index is 13.4. The first-order chi connectivity index (χ1) is 17.0. The van der Waals surface area contributed by atoms with Gasteiger partial charge in [-0.15, -0.1) is 0 Å². The van der Waals surface area contributed by atoms with E-state index in [1.165, 1.54) is 5.57 Å². The van der Waals surface area contributed by atoms with Gasteiger partial charge in [0, 0.05) is 11.5 Å². The number of phenolic OH excluding ortho intramolecular Hbond substituents is 1. The molecule has 0 spiro atoms. The summed E-state index contributed by atoms with van der Waals surface area (Å²) in [6.45, 7) is 10.3. The summed E-state index contributed by atoms with van der Waals surface area (Å²) >= 11 is 0. The molecule has 0 aromatic heterocycles. The van der Waals surface area contributed by atoms with E-state index < -0.39 is 19.9 Å². The van der Waals surface area contributed by atoms with Crippen LogP contribution in [0.1, 0.15) is 95.6 Å². The van der Waals surface area contributed by atoms with Crippen molar-refractivity contribution in [3.63, 3.8) is 0 Å². The van der Waals surface area contributed by atoms with Gasteiger partial charge in [-0.2, -0.15) is 0 Å². The molecule has 36 heavy (non-hydrogen) atoms. The molecular weight excluding hydrogens is 479 g/mol. The van der Waals surface area contributed by atoms with Crippen LogP contribution < -0.4 is 4.74 Å². The van der Waals surface area contributed by atoms with Crippen molar-refractivity contribution in [2.24, 2.45) is 11.8 Å². The molecule has 7 nitrogen and oxygen atoms in total. The van der Waals surface area contributed by atoms with E-state index in [0.29, 0.717) is 18.4 Å². The Labute approximate surface area is 214 Å². The molecule has 0 heterocycles. The monoisotopic (exact) mass is 520 g/mol. The fraction of sp³-hybridized carbons (Fsp3) is 0.607. The van der Waals surface area contributed by atoms with Gasteiger partial charge in [0.1, 0.15) is 11.5 Å². The van der Waals surface area contributed by atoms with E-state index in [2.05, 4.69) is 19.6 Å². The molecule has 2 aliphatic carbocycles. The smallest absolute Gasteiger partial charge is 0.470 e. The van der Waals surface area contributed by atoms with Gasteiger partial charge < -0.3 is 19.6 Å². The second-order valence-electron chi connectivity index (χ2n) is 10.5. The zero-order valence-electron chi connectivity index (χ0n) is 21.7. The van der Waals surface area contributed by atoms with Gasteiger partial charge >= 0.3 is 13.8 Å². The number of rotatable bonds is 11. The van der Waals surface area contributed by atoms with E-state index in [9.17, 15) is 24.3 Å². The fourth-order valence-corrected chi connectivity index (χ4v) is 6.17. The molecule has 0 radical (unpaired) electrons. The van der Waals surface area contributed by atoms with Gasteiger partial charge in [0.15, 0.2) is 6.10 Å². The largest absolute Gasteiger partial charge is 0.507 e. The van der Waals surface area contributed by atoms with Gasteiger partial charge in [0.2, 0.25) is 0 Å². The van der Waals surface area contributed by atoms with Crippen LogP contribution in [0.4, 0.5) is 0 Å². The number of allylic oxidation sites excluding steroid dienone is 3. The summed E-state index contributed by atoms with van der Waals surface area (Å²) in [6.07, 6.45) is 9.30. The molecule has 0 aliphatic heterocycles. The lowest BCUT2D eigenvalue weighted by atomic mass is 9.73. The molecule has 1 fully saturated rings. The zero-order valence-corrected chi connectivity index (χ0v) is 22.6. The van der Waals surface area contributed by atoms with Crippen molar-refractivity contribution in [3.8, 4) is 11.5 Å². The Bertz CT molecular complexity index is 1020. The van der Waals surface area contributed by atoms with Crippen LogP contribution in [-0.4, -0.2) is 27.0 Å². The van der Waals surface area contributed by atoms with E-state index in [1.807, 2.05) is 13.8 Å². The molecule has 200 valence electrons. The summed E-state index contributed by atoms with van der Waals surface area (Å²) in [5, 5.41) is 11.2. The van der Waals surface area contributed by atoms with Crippen molar-refractivity contribution < 1.29 is 33.5 Å². The number of hydrogen-bond acceptors (Lipinski definition) is 5. The number of phosphoric acid groups is 1. The maximum Gasteiger partial charge on any atom is 0.470 e. The molecule has 3 N–H and O–H groups in total. The van der Waals surface area contributed by atoms with Crippen LogP contribution in [0.3, 0.4) is 0 Å². The minimum absolute atomic E-state index is 0.0577. The van der Waals surface area contributed by atoms with Crippen LogP contribution in [0.15, 0.2) is 35.9 Å². The lowest BCUT2D eigenvalue weighted by Crippen LogP contribution is -2.34. The van der Waals surface area contributed by atoms with Gasteiger partial charge in [-0.25, -0.2) is 9.36 Å². The third-order valence-corrected chi connectivity index (χ3v) is 7.99. The SMILES string of the molecule is C=C(C)[C@@H]1CCC(C)=C[C@H]1c1c(O)cc(CCCCC)cc1OC(=O)C(OP(=O)(O)O)C1CCCC1. The predicted octanol–water partition coefficient (Wildman–Crippen LogP) is 6.71. The van der Waals surface area contributed by atoms with Crippen LogP contribution in [0, 0.1) is 11.8 Å². The summed E-state index contributed by atoms with van der Waals surface area (Å²) < 4.78 is 22.5. The molecule has 0 saturated heterocycles. The number of unbranched alkanes of at least 4 members (excludes halogenated alkanes) is 2. The van der Waals surface area contributed by atoms with Gasteiger partial charge in [-0.3, -0.25) is 4.52 Å². The molecule has 1 aromatic rings. The lowest BCUT2D eigenvalue weighted by Gasteiger charge is -2.32. The zero-order chi connectivity index (χ0) is 26.5. The summed E-state index contributed by atoms with van der Waals surface area (Å²) in [6, 6.07) is 3.54. The second kappa shape index (κ2) is 12.6. The Hall–Kier alpha value is -1.92. The number of phosphoric ester groups is 1. The van der Waals surface area contributed by atoms with Crippen molar-refractivity contribution in [2.75, 3.05) is 0 Å². The molecule has 2 aliphatic rings. The number of phenols is 1. The Morgan fingerprint density at radius 2 is 1.89 bits per heavy atom. The number of hydrogen-bond donors (Lipinski definition) is 3. The standard InChI is InChI=1S/C28H41O7P/c1-5-6-7-10-20-16-24(29)26(23-15-19(4)13-14-22(23)18(2)3)25(17-20)34-28(30)27(35-36(31,32)33)21-11-8-9-12-21/h15-17,21-23,27,29H,2,5-14H2,1,3-4H3,(H2,31,32,33)/t22-,23+,27?/m0/s1. The Morgan fingerprint density at radius 1 is 1.19 bits per heavy atom. The Morgan fingerprint density at radius 3 is 2.50 bits per heavy atom. The average Bonchev–Trinajstić information content (AvgIpc) is 3.31. The highest BCUT2D eigenvalue weighted by atomic mass is 31.2. The first-order valence-electron chi connectivity index (χ1n) is 13.1. The summed E-state index contributed by atoms with van der Waals surface area (Å²) in [7, 11) is -4.91. The minimum atomic E-state index is -4.91. The highest BCUT2D eigenvalue weighted by molar-refractivity contribution is 7.46. The van der Waals surface area contributed by atoms with Crippen molar-refractivity contribution in [1.82, 2.24) is 0 Å². The molecule has 0 bridgehead atoms. The number of esters is 1. The number of carbonyl (C=O) groups is 1. The molecule has 8 heteroatoms. The van der Waals surface area contributed by atoms with Crippen LogP contribution >= 0.6 is 7.82 Å². The number of carbonyl (C=O) groups excluding carboxylic acids is 1. The van der Waals surface area contributed by atoms with E-state index in [-0.39, 0.29) is 29.3 Å². The molecule has 3 atom stereocenters. The van der Waals surface area contributed by atoms with Gasteiger partial charge in [-0.05, 0) is 81.9 Å². The normalized spacial score (nSPS) is 21.8. The first kappa shape index (κ1) is 28.6. The Kier molecular flexibility index (Phi) is 9.99. The molecule has 3 rings (SSSR count). The highest BCUT2D eigenvalue weighted by Crippen LogP contribution is 2.48. The van der Waals surface area contributed by atoms with Crippen molar-refractivity contribution in [3.05, 3.63) is 47.1 Å². The number of aromatic hydroxyl groups is 1. The van der Waals surface area contributed by atoms with E-state index in [4.69, 9.17) is 9.26 Å². The topological polar surface area (TPSA) is 113 Å². The highest BCUT2D eigenvalue weighted by Gasteiger charge is 2.39. The van der Waals surface area contributed by atoms with Gasteiger partial charge in [-0.1, -0.05) is 56.4 Å².